The third kappa shape index (κ3) is 3.22. The largest absolute Gasteiger partial charge is 0.294 e. The third-order valence-corrected chi connectivity index (χ3v) is 3.91. The lowest BCUT2D eigenvalue weighted by Gasteiger charge is -2.27. The van der Waals surface area contributed by atoms with Gasteiger partial charge < -0.3 is 0 Å². The summed E-state index contributed by atoms with van der Waals surface area (Å²) >= 11 is 0. The van der Waals surface area contributed by atoms with Crippen molar-refractivity contribution in [2.45, 2.75) is 58.8 Å². The van der Waals surface area contributed by atoms with Gasteiger partial charge in [0.1, 0.15) is 0 Å². The zero-order valence-corrected chi connectivity index (χ0v) is 11.8. The maximum atomic E-state index is 12.4. The smallest absolute Gasteiger partial charge is 0.163 e. The molecule has 1 nitrogen and oxygen atoms in total. The van der Waals surface area contributed by atoms with E-state index in [0.29, 0.717) is 18.1 Å². The number of carbonyl (C=O) groups is 1. The molecule has 1 aliphatic carbocycles. The fraction of sp³-hybridized carbons (Fsp3) is 0.588. The van der Waals surface area contributed by atoms with Crippen molar-refractivity contribution in [1.29, 1.82) is 0 Å². The zero-order chi connectivity index (χ0) is 13.2. The van der Waals surface area contributed by atoms with Gasteiger partial charge in [-0.05, 0) is 36.2 Å². The molecule has 1 heteroatoms. The summed E-state index contributed by atoms with van der Waals surface area (Å²) in [4.78, 5) is 12.4. The van der Waals surface area contributed by atoms with Crippen molar-refractivity contribution >= 4 is 5.78 Å². The van der Waals surface area contributed by atoms with E-state index in [1.54, 1.807) is 0 Å². The summed E-state index contributed by atoms with van der Waals surface area (Å²) in [5, 5.41) is 0. The zero-order valence-electron chi connectivity index (χ0n) is 11.8. The monoisotopic (exact) mass is 244 g/mol. The van der Waals surface area contributed by atoms with Crippen LogP contribution in [-0.4, -0.2) is 5.78 Å². The Kier molecular flexibility index (Phi) is 3.89. The molecule has 1 fully saturated rings. The Morgan fingerprint density at radius 1 is 1.22 bits per heavy atom. The molecule has 0 radical (unpaired) electrons. The maximum Gasteiger partial charge on any atom is 0.163 e. The van der Waals surface area contributed by atoms with Gasteiger partial charge in [0.15, 0.2) is 5.78 Å². The second-order valence-electron chi connectivity index (χ2n) is 6.70. The molecule has 18 heavy (non-hydrogen) atoms. The normalized spacial score (nSPS) is 16.4. The average Bonchev–Trinajstić information content (AvgIpc) is 2.23. The van der Waals surface area contributed by atoms with E-state index in [1.165, 1.54) is 24.8 Å². The number of hydrogen-bond donors (Lipinski definition) is 0. The molecular weight excluding hydrogens is 220 g/mol. The molecule has 0 N–H and O–H groups in total. The number of carbonyl (C=O) groups excluding carboxylic acids is 1. The summed E-state index contributed by atoms with van der Waals surface area (Å²) in [6.45, 7) is 6.58. The van der Waals surface area contributed by atoms with E-state index in [4.69, 9.17) is 0 Å². The van der Waals surface area contributed by atoms with E-state index in [0.717, 1.165) is 12.0 Å². The van der Waals surface area contributed by atoms with Crippen LogP contribution in [0, 0.1) is 5.41 Å². The van der Waals surface area contributed by atoms with Gasteiger partial charge in [-0.2, -0.15) is 0 Å². The van der Waals surface area contributed by atoms with Crippen LogP contribution in [0.4, 0.5) is 0 Å². The van der Waals surface area contributed by atoms with Crippen LogP contribution >= 0.6 is 0 Å². The number of hydrogen-bond acceptors (Lipinski definition) is 1. The summed E-state index contributed by atoms with van der Waals surface area (Å²) < 4.78 is 0. The minimum absolute atomic E-state index is 0.237. The molecule has 0 bridgehead atoms. The summed E-state index contributed by atoms with van der Waals surface area (Å²) in [6, 6.07) is 8.22. The fourth-order valence-corrected chi connectivity index (χ4v) is 2.45. The first kappa shape index (κ1) is 13.3. The van der Waals surface area contributed by atoms with Crippen molar-refractivity contribution in [1.82, 2.24) is 0 Å². The molecule has 0 heterocycles. The quantitative estimate of drug-likeness (QED) is 0.684. The van der Waals surface area contributed by atoms with Crippen LogP contribution in [-0.2, 0) is 0 Å². The van der Waals surface area contributed by atoms with Crippen molar-refractivity contribution in [3.8, 4) is 0 Å². The van der Waals surface area contributed by atoms with E-state index >= 15 is 0 Å². The predicted octanol–water partition coefficient (Wildman–Crippen LogP) is 4.96. The summed E-state index contributed by atoms with van der Waals surface area (Å²) in [5.74, 6) is 0.965. The van der Waals surface area contributed by atoms with Gasteiger partial charge in [0.25, 0.3) is 0 Å². The lowest BCUT2D eigenvalue weighted by Crippen LogP contribution is -2.15. The minimum Gasteiger partial charge on any atom is -0.294 e. The van der Waals surface area contributed by atoms with Gasteiger partial charge in [0.05, 0.1) is 0 Å². The second-order valence-corrected chi connectivity index (χ2v) is 6.70. The van der Waals surface area contributed by atoms with Gasteiger partial charge in [-0.1, -0.05) is 51.5 Å². The van der Waals surface area contributed by atoms with Gasteiger partial charge in [-0.3, -0.25) is 4.79 Å². The molecule has 1 aromatic rings. The van der Waals surface area contributed by atoms with E-state index < -0.39 is 0 Å². The molecule has 98 valence electrons. The summed E-state index contributed by atoms with van der Waals surface area (Å²) in [7, 11) is 0. The molecule has 1 aromatic carbocycles. The molecule has 0 atom stereocenters. The van der Waals surface area contributed by atoms with Gasteiger partial charge in [-0.25, -0.2) is 0 Å². The van der Waals surface area contributed by atoms with Crippen LogP contribution in [0.1, 0.15) is 74.7 Å². The topological polar surface area (TPSA) is 17.1 Å². The first-order chi connectivity index (χ1) is 8.47. The highest BCUT2D eigenvalue weighted by Gasteiger charge is 2.24. The Hall–Kier alpha value is -1.11. The fourth-order valence-electron chi connectivity index (χ4n) is 2.45. The molecule has 0 saturated heterocycles. The summed E-state index contributed by atoms with van der Waals surface area (Å²) in [5.41, 5.74) is 2.51. The number of benzene rings is 1. The molecule has 0 spiro atoms. The van der Waals surface area contributed by atoms with Gasteiger partial charge in [-0.15, -0.1) is 0 Å². The van der Waals surface area contributed by atoms with Crippen LogP contribution in [0.5, 0.6) is 0 Å². The number of ketones is 1. The van der Waals surface area contributed by atoms with Crippen LogP contribution in [0.15, 0.2) is 24.3 Å². The van der Waals surface area contributed by atoms with Crippen molar-refractivity contribution < 1.29 is 4.79 Å². The van der Waals surface area contributed by atoms with E-state index in [-0.39, 0.29) is 5.41 Å². The van der Waals surface area contributed by atoms with Crippen molar-refractivity contribution in [3.05, 3.63) is 35.4 Å². The van der Waals surface area contributed by atoms with Gasteiger partial charge in [0, 0.05) is 12.0 Å². The van der Waals surface area contributed by atoms with Crippen molar-refractivity contribution in [2.24, 2.45) is 5.41 Å². The maximum absolute atomic E-state index is 12.4. The van der Waals surface area contributed by atoms with Crippen LogP contribution in [0.2, 0.25) is 0 Å². The van der Waals surface area contributed by atoms with E-state index in [1.807, 2.05) is 12.1 Å². The Morgan fingerprint density at radius 2 is 1.89 bits per heavy atom. The first-order valence-electron chi connectivity index (χ1n) is 7.09. The molecule has 1 aliphatic rings. The highest BCUT2D eigenvalue weighted by molar-refractivity contribution is 5.97. The Balaban J connectivity index is 2.09. The van der Waals surface area contributed by atoms with Crippen LogP contribution < -0.4 is 0 Å². The molecule has 0 aliphatic heterocycles. The molecule has 0 unspecified atom stereocenters. The highest BCUT2D eigenvalue weighted by atomic mass is 16.1. The average molecular weight is 244 g/mol. The first-order valence-corrected chi connectivity index (χ1v) is 7.09. The van der Waals surface area contributed by atoms with Crippen molar-refractivity contribution in [3.63, 3.8) is 0 Å². The van der Waals surface area contributed by atoms with Gasteiger partial charge in [0.2, 0.25) is 0 Å². The second kappa shape index (κ2) is 5.26. The highest BCUT2D eigenvalue weighted by Crippen LogP contribution is 2.38. The molecule has 2 rings (SSSR count). The van der Waals surface area contributed by atoms with Crippen molar-refractivity contribution in [2.75, 3.05) is 0 Å². The van der Waals surface area contributed by atoms with Crippen LogP contribution in [0.25, 0.3) is 0 Å². The number of rotatable bonds is 4. The van der Waals surface area contributed by atoms with Crippen LogP contribution in [0.3, 0.4) is 0 Å². The van der Waals surface area contributed by atoms with E-state index in [9.17, 15) is 4.79 Å². The number of Topliss-reactive ketones (excluding diaryl/α,β-unsaturated/α-hetero) is 1. The molecule has 1 saturated carbocycles. The molecular formula is C17H24O. The minimum atomic E-state index is 0.237. The summed E-state index contributed by atoms with van der Waals surface area (Å²) in [6.07, 6.45) is 5.46. The Morgan fingerprint density at radius 3 is 2.44 bits per heavy atom. The Bertz CT molecular complexity index is 421. The predicted molar refractivity (Wildman–Crippen MR) is 76.1 cm³/mol. The lowest BCUT2D eigenvalue weighted by molar-refractivity contribution is 0.0964. The SMILES string of the molecule is CC(C)(C)CCC(=O)c1ccccc1C1CCC1. The third-order valence-electron chi connectivity index (χ3n) is 3.91. The molecule has 0 aromatic heterocycles. The lowest BCUT2D eigenvalue weighted by atomic mass is 9.77. The standard InChI is InChI=1S/C17H24O/c1-17(2,3)12-11-16(18)15-10-5-4-9-14(15)13-7-6-8-13/h4-5,9-10,13H,6-8,11-12H2,1-3H3. The van der Waals surface area contributed by atoms with E-state index in [2.05, 4.69) is 32.9 Å². The van der Waals surface area contributed by atoms with Gasteiger partial charge >= 0.3 is 0 Å². The molecule has 0 amide bonds. The Labute approximate surface area is 111 Å².